The van der Waals surface area contributed by atoms with Crippen molar-refractivity contribution in [2.24, 2.45) is 0 Å². The molecule has 2 amide bonds. The SMILES string of the molecule is CNC(=O)C(NC(=O)c1ncc(F)cc1F)c1ccccc1. The van der Waals surface area contributed by atoms with E-state index in [1.54, 1.807) is 30.3 Å². The summed E-state index contributed by atoms with van der Waals surface area (Å²) in [5.41, 5.74) is -0.0519. The molecule has 1 aromatic carbocycles. The summed E-state index contributed by atoms with van der Waals surface area (Å²) in [5.74, 6) is -3.36. The molecular formula is C15H13F2N3O2. The number of aromatic nitrogens is 1. The van der Waals surface area contributed by atoms with Gasteiger partial charge in [-0.1, -0.05) is 30.3 Å². The molecule has 7 heteroatoms. The van der Waals surface area contributed by atoms with Gasteiger partial charge in [0.15, 0.2) is 11.5 Å². The van der Waals surface area contributed by atoms with Crippen LogP contribution in [0.3, 0.4) is 0 Å². The van der Waals surface area contributed by atoms with Gasteiger partial charge in [-0.05, 0) is 5.56 Å². The summed E-state index contributed by atoms with van der Waals surface area (Å²) >= 11 is 0. The molecule has 0 aliphatic rings. The zero-order valence-electron chi connectivity index (χ0n) is 11.6. The van der Waals surface area contributed by atoms with Gasteiger partial charge in [-0.3, -0.25) is 9.59 Å². The average Bonchev–Trinajstić information content (AvgIpc) is 2.52. The molecule has 0 saturated heterocycles. The Hall–Kier alpha value is -2.83. The Balaban J connectivity index is 2.27. The summed E-state index contributed by atoms with van der Waals surface area (Å²) in [4.78, 5) is 27.4. The van der Waals surface area contributed by atoms with E-state index in [0.717, 1.165) is 6.20 Å². The number of nitrogens with one attached hydrogen (secondary N) is 2. The predicted octanol–water partition coefficient (Wildman–Crippen LogP) is 1.58. The largest absolute Gasteiger partial charge is 0.357 e. The molecule has 0 bridgehead atoms. The first-order chi connectivity index (χ1) is 10.5. The molecule has 2 N–H and O–H groups in total. The van der Waals surface area contributed by atoms with Gasteiger partial charge < -0.3 is 10.6 Å². The van der Waals surface area contributed by atoms with Crippen LogP contribution in [0.1, 0.15) is 22.1 Å². The monoisotopic (exact) mass is 305 g/mol. The van der Waals surface area contributed by atoms with E-state index < -0.39 is 35.2 Å². The van der Waals surface area contributed by atoms with Crippen molar-refractivity contribution >= 4 is 11.8 Å². The van der Waals surface area contributed by atoms with E-state index in [2.05, 4.69) is 15.6 Å². The molecule has 0 fully saturated rings. The maximum atomic E-state index is 13.6. The molecule has 1 unspecified atom stereocenters. The minimum absolute atomic E-state index is 0.470. The molecule has 0 radical (unpaired) electrons. The van der Waals surface area contributed by atoms with Gasteiger partial charge in [-0.2, -0.15) is 0 Å². The number of amides is 2. The van der Waals surface area contributed by atoms with E-state index in [9.17, 15) is 18.4 Å². The van der Waals surface area contributed by atoms with Crippen LogP contribution in [-0.4, -0.2) is 23.8 Å². The maximum Gasteiger partial charge on any atom is 0.273 e. The average molecular weight is 305 g/mol. The Morgan fingerprint density at radius 2 is 1.86 bits per heavy atom. The van der Waals surface area contributed by atoms with Crippen molar-refractivity contribution in [3.05, 3.63) is 65.5 Å². The highest BCUT2D eigenvalue weighted by atomic mass is 19.1. The van der Waals surface area contributed by atoms with Crippen LogP contribution in [-0.2, 0) is 4.79 Å². The summed E-state index contributed by atoms with van der Waals surface area (Å²) in [7, 11) is 1.42. The van der Waals surface area contributed by atoms with Crippen molar-refractivity contribution in [1.82, 2.24) is 15.6 Å². The summed E-state index contributed by atoms with van der Waals surface area (Å²) in [6.45, 7) is 0. The molecule has 0 aliphatic heterocycles. The third-order valence-electron chi connectivity index (χ3n) is 2.94. The Morgan fingerprint density at radius 1 is 1.18 bits per heavy atom. The van der Waals surface area contributed by atoms with E-state index >= 15 is 0 Å². The number of carbonyl (C=O) groups is 2. The van der Waals surface area contributed by atoms with Gasteiger partial charge in [0.2, 0.25) is 5.91 Å². The Bertz CT molecular complexity index is 692. The van der Waals surface area contributed by atoms with Crippen molar-refractivity contribution < 1.29 is 18.4 Å². The zero-order chi connectivity index (χ0) is 16.1. The van der Waals surface area contributed by atoms with Crippen LogP contribution in [0.2, 0.25) is 0 Å². The first-order valence-electron chi connectivity index (χ1n) is 6.41. The van der Waals surface area contributed by atoms with E-state index in [-0.39, 0.29) is 0 Å². The first-order valence-corrected chi connectivity index (χ1v) is 6.41. The van der Waals surface area contributed by atoms with E-state index in [4.69, 9.17) is 0 Å². The highest BCUT2D eigenvalue weighted by Gasteiger charge is 2.24. The number of likely N-dealkylation sites (N-methyl/N-ethyl adjacent to an activating group) is 1. The highest BCUT2D eigenvalue weighted by Crippen LogP contribution is 2.14. The smallest absolute Gasteiger partial charge is 0.273 e. The number of nitrogens with zero attached hydrogens (tertiary/aromatic N) is 1. The Kier molecular flexibility index (Phi) is 4.77. The van der Waals surface area contributed by atoms with Gasteiger partial charge in [0.05, 0.1) is 6.20 Å². The van der Waals surface area contributed by atoms with Gasteiger partial charge in [-0.15, -0.1) is 0 Å². The third kappa shape index (κ3) is 3.43. The lowest BCUT2D eigenvalue weighted by atomic mass is 10.1. The normalized spacial score (nSPS) is 11.6. The Morgan fingerprint density at radius 3 is 2.45 bits per heavy atom. The standard InChI is InChI=1S/C15H13F2N3O2/c1-18-14(21)12(9-5-3-2-4-6-9)20-15(22)13-11(17)7-10(16)8-19-13/h2-8,12H,1H3,(H,18,21)(H,20,22). The van der Waals surface area contributed by atoms with Gasteiger partial charge in [-0.25, -0.2) is 13.8 Å². The molecule has 1 heterocycles. The molecular weight excluding hydrogens is 292 g/mol. The lowest BCUT2D eigenvalue weighted by Gasteiger charge is -2.17. The minimum Gasteiger partial charge on any atom is -0.357 e. The van der Waals surface area contributed by atoms with Crippen molar-refractivity contribution in [3.8, 4) is 0 Å². The zero-order valence-corrected chi connectivity index (χ0v) is 11.6. The summed E-state index contributed by atoms with van der Waals surface area (Å²) in [5, 5.41) is 4.80. The molecule has 0 saturated carbocycles. The number of rotatable bonds is 4. The molecule has 1 aromatic heterocycles. The van der Waals surface area contributed by atoms with Crippen LogP contribution in [0.15, 0.2) is 42.6 Å². The van der Waals surface area contributed by atoms with E-state index in [0.29, 0.717) is 11.6 Å². The fourth-order valence-electron chi connectivity index (χ4n) is 1.87. The maximum absolute atomic E-state index is 13.6. The van der Waals surface area contributed by atoms with Gasteiger partial charge >= 0.3 is 0 Å². The van der Waals surface area contributed by atoms with Gasteiger partial charge in [0, 0.05) is 13.1 Å². The minimum atomic E-state index is -1.10. The second-order valence-electron chi connectivity index (χ2n) is 4.42. The second-order valence-corrected chi connectivity index (χ2v) is 4.42. The van der Waals surface area contributed by atoms with Crippen molar-refractivity contribution in [3.63, 3.8) is 0 Å². The molecule has 2 aromatic rings. The molecule has 5 nitrogen and oxygen atoms in total. The van der Waals surface area contributed by atoms with Crippen LogP contribution in [0.5, 0.6) is 0 Å². The lowest BCUT2D eigenvalue weighted by Crippen LogP contribution is -2.39. The summed E-state index contributed by atoms with van der Waals surface area (Å²) < 4.78 is 26.4. The topological polar surface area (TPSA) is 71.1 Å². The first kappa shape index (κ1) is 15.6. The van der Waals surface area contributed by atoms with E-state index in [1.807, 2.05) is 0 Å². The Labute approximate surface area is 125 Å². The fourth-order valence-corrected chi connectivity index (χ4v) is 1.87. The number of halogens is 2. The number of hydrogen-bond donors (Lipinski definition) is 2. The second kappa shape index (κ2) is 6.75. The molecule has 0 spiro atoms. The van der Waals surface area contributed by atoms with Crippen LogP contribution < -0.4 is 10.6 Å². The predicted molar refractivity (Wildman–Crippen MR) is 74.9 cm³/mol. The van der Waals surface area contributed by atoms with Crippen LogP contribution in [0, 0.1) is 11.6 Å². The van der Waals surface area contributed by atoms with Crippen molar-refractivity contribution in [2.45, 2.75) is 6.04 Å². The summed E-state index contributed by atoms with van der Waals surface area (Å²) in [6.07, 6.45) is 0.732. The molecule has 114 valence electrons. The molecule has 1 atom stereocenters. The van der Waals surface area contributed by atoms with Gasteiger partial charge in [0.1, 0.15) is 11.9 Å². The van der Waals surface area contributed by atoms with Crippen LogP contribution in [0.25, 0.3) is 0 Å². The van der Waals surface area contributed by atoms with E-state index in [1.165, 1.54) is 7.05 Å². The van der Waals surface area contributed by atoms with Crippen molar-refractivity contribution in [2.75, 3.05) is 7.05 Å². The fraction of sp³-hybridized carbons (Fsp3) is 0.133. The summed E-state index contributed by atoms with van der Waals surface area (Å²) in [6, 6.07) is 8.00. The highest BCUT2D eigenvalue weighted by molar-refractivity contribution is 5.96. The third-order valence-corrected chi connectivity index (χ3v) is 2.94. The quantitative estimate of drug-likeness (QED) is 0.901. The number of carbonyl (C=O) groups excluding carboxylic acids is 2. The van der Waals surface area contributed by atoms with Crippen LogP contribution in [0.4, 0.5) is 8.78 Å². The van der Waals surface area contributed by atoms with Crippen molar-refractivity contribution in [1.29, 1.82) is 0 Å². The van der Waals surface area contributed by atoms with Gasteiger partial charge in [0.25, 0.3) is 5.91 Å². The number of benzene rings is 1. The molecule has 2 rings (SSSR count). The molecule has 22 heavy (non-hydrogen) atoms. The van der Waals surface area contributed by atoms with Crippen LogP contribution >= 0.6 is 0 Å². The number of pyridine rings is 1. The lowest BCUT2D eigenvalue weighted by molar-refractivity contribution is -0.122. The number of hydrogen-bond acceptors (Lipinski definition) is 3. The molecule has 0 aliphatic carbocycles.